The molecule has 4 rings (SSSR count). The molecule has 3 aromatic rings. The van der Waals surface area contributed by atoms with E-state index >= 15 is 0 Å². The Morgan fingerprint density at radius 3 is 2.72 bits per heavy atom. The van der Waals surface area contributed by atoms with Crippen LogP contribution in [0.4, 0.5) is 0 Å². The van der Waals surface area contributed by atoms with Crippen LogP contribution in [-0.2, 0) is 0 Å². The van der Waals surface area contributed by atoms with Crippen LogP contribution < -0.4 is 4.74 Å². The summed E-state index contributed by atoms with van der Waals surface area (Å²) in [6, 6.07) is 12.4. The Labute approximate surface area is 148 Å². The van der Waals surface area contributed by atoms with Crippen LogP contribution in [0, 0.1) is 0 Å². The van der Waals surface area contributed by atoms with Crippen molar-refractivity contribution < 1.29 is 4.74 Å². The predicted octanol–water partition coefficient (Wildman–Crippen LogP) is 4.48. The second-order valence-corrected chi connectivity index (χ2v) is 6.73. The van der Waals surface area contributed by atoms with Crippen molar-refractivity contribution in [2.75, 3.05) is 26.2 Å². The number of aromatic amines is 1. The van der Waals surface area contributed by atoms with Crippen LogP contribution in [0.2, 0.25) is 0 Å². The van der Waals surface area contributed by atoms with Crippen molar-refractivity contribution in [1.82, 2.24) is 14.9 Å². The molecule has 1 aliphatic rings. The molecule has 1 saturated heterocycles. The largest absolute Gasteiger partial charge is 0.494 e. The summed E-state index contributed by atoms with van der Waals surface area (Å²) in [6.07, 6.45) is 9.02. The lowest BCUT2D eigenvalue weighted by Gasteiger charge is -2.26. The van der Waals surface area contributed by atoms with E-state index in [2.05, 4.69) is 45.2 Å². The molecule has 4 heteroatoms. The van der Waals surface area contributed by atoms with Crippen LogP contribution in [-0.4, -0.2) is 41.1 Å². The Bertz CT molecular complexity index is 803. The summed E-state index contributed by atoms with van der Waals surface area (Å²) in [5.41, 5.74) is 3.29. The summed E-state index contributed by atoms with van der Waals surface area (Å²) in [5, 5.41) is 1.15. The second kappa shape index (κ2) is 7.70. The van der Waals surface area contributed by atoms with Gasteiger partial charge in [-0.3, -0.25) is 0 Å². The van der Waals surface area contributed by atoms with E-state index in [9.17, 15) is 0 Å². The fourth-order valence-corrected chi connectivity index (χ4v) is 3.59. The molecule has 4 nitrogen and oxygen atoms in total. The Morgan fingerprint density at radius 2 is 1.88 bits per heavy atom. The van der Waals surface area contributed by atoms with Crippen molar-refractivity contribution in [3.63, 3.8) is 0 Å². The first-order chi connectivity index (χ1) is 12.4. The highest BCUT2D eigenvalue weighted by Crippen LogP contribution is 2.28. The number of pyridine rings is 1. The van der Waals surface area contributed by atoms with Gasteiger partial charge in [-0.15, -0.1) is 0 Å². The van der Waals surface area contributed by atoms with E-state index in [4.69, 9.17) is 4.74 Å². The second-order valence-electron chi connectivity index (χ2n) is 6.73. The summed E-state index contributed by atoms with van der Waals surface area (Å²) in [7, 11) is 0. The number of hydrogen-bond donors (Lipinski definition) is 1. The van der Waals surface area contributed by atoms with Crippen molar-refractivity contribution in [1.29, 1.82) is 0 Å². The highest BCUT2D eigenvalue weighted by molar-refractivity contribution is 5.93. The fraction of sp³-hybridized carbons (Fsp3) is 0.381. The van der Waals surface area contributed by atoms with Crippen LogP contribution in [0.25, 0.3) is 22.2 Å². The van der Waals surface area contributed by atoms with E-state index in [0.29, 0.717) is 0 Å². The highest BCUT2D eigenvalue weighted by atomic mass is 16.5. The molecule has 1 aliphatic heterocycles. The van der Waals surface area contributed by atoms with E-state index in [1.807, 2.05) is 18.5 Å². The molecular formula is C21H25N3O. The maximum absolute atomic E-state index is 5.91. The maximum atomic E-state index is 5.91. The quantitative estimate of drug-likeness (QED) is 0.675. The first kappa shape index (κ1) is 16.2. The van der Waals surface area contributed by atoms with Crippen molar-refractivity contribution in [2.45, 2.75) is 25.7 Å². The van der Waals surface area contributed by atoms with Gasteiger partial charge in [0.15, 0.2) is 0 Å². The third-order valence-corrected chi connectivity index (χ3v) is 4.95. The van der Waals surface area contributed by atoms with Gasteiger partial charge in [-0.05, 0) is 62.2 Å². The molecule has 0 saturated carbocycles. The molecular weight excluding hydrogens is 310 g/mol. The molecule has 1 N–H and O–H groups in total. The van der Waals surface area contributed by atoms with Crippen molar-refractivity contribution in [3.8, 4) is 16.9 Å². The molecule has 0 radical (unpaired) electrons. The van der Waals surface area contributed by atoms with E-state index in [1.54, 1.807) is 0 Å². The molecule has 0 aliphatic carbocycles. The Balaban J connectivity index is 1.32. The number of nitrogens with zero attached hydrogens (tertiary/aromatic N) is 2. The zero-order chi connectivity index (χ0) is 16.9. The topological polar surface area (TPSA) is 41.1 Å². The Morgan fingerprint density at radius 1 is 1.04 bits per heavy atom. The minimum Gasteiger partial charge on any atom is -0.494 e. The monoisotopic (exact) mass is 335 g/mol. The van der Waals surface area contributed by atoms with Crippen LogP contribution in [0.15, 0.2) is 48.8 Å². The molecule has 0 unspecified atom stereocenters. The van der Waals surface area contributed by atoms with Crippen molar-refractivity contribution in [3.05, 3.63) is 48.8 Å². The molecule has 130 valence electrons. The minimum atomic E-state index is 0.785. The average Bonchev–Trinajstić information content (AvgIpc) is 3.11. The summed E-state index contributed by atoms with van der Waals surface area (Å²) >= 11 is 0. The first-order valence-electron chi connectivity index (χ1n) is 9.28. The van der Waals surface area contributed by atoms with Crippen molar-refractivity contribution >= 4 is 11.0 Å². The molecule has 1 fully saturated rings. The SMILES string of the molecule is c1cnc2[nH]cc(-c3ccc(OCCCN4CCCCC4)cc3)c2c1. The summed E-state index contributed by atoms with van der Waals surface area (Å²) in [5.74, 6) is 0.945. The molecule has 0 spiro atoms. The number of benzene rings is 1. The van der Waals surface area contributed by atoms with Gasteiger partial charge in [-0.1, -0.05) is 18.6 Å². The third-order valence-electron chi connectivity index (χ3n) is 4.95. The van der Waals surface area contributed by atoms with E-state index < -0.39 is 0 Å². The molecule has 0 bridgehead atoms. The number of nitrogens with one attached hydrogen (secondary N) is 1. The number of H-pyrrole nitrogens is 1. The van der Waals surface area contributed by atoms with Gasteiger partial charge in [0.05, 0.1) is 6.61 Å². The Hall–Kier alpha value is -2.33. The third kappa shape index (κ3) is 3.85. The zero-order valence-electron chi connectivity index (χ0n) is 14.6. The van der Waals surface area contributed by atoms with Gasteiger partial charge in [0.2, 0.25) is 0 Å². The van der Waals surface area contributed by atoms with Crippen LogP contribution >= 0.6 is 0 Å². The minimum absolute atomic E-state index is 0.785. The molecule has 0 amide bonds. The molecule has 3 heterocycles. The average molecular weight is 335 g/mol. The number of fused-ring (bicyclic) bond motifs is 1. The van der Waals surface area contributed by atoms with E-state index in [-0.39, 0.29) is 0 Å². The lowest BCUT2D eigenvalue weighted by molar-refractivity contribution is 0.205. The molecule has 1 aromatic carbocycles. The van der Waals surface area contributed by atoms with Gasteiger partial charge < -0.3 is 14.6 Å². The van der Waals surface area contributed by atoms with Gasteiger partial charge in [0.25, 0.3) is 0 Å². The highest BCUT2D eigenvalue weighted by Gasteiger charge is 2.09. The lowest BCUT2D eigenvalue weighted by Crippen LogP contribution is -2.31. The zero-order valence-corrected chi connectivity index (χ0v) is 14.6. The van der Waals surface area contributed by atoms with Gasteiger partial charge in [0, 0.05) is 29.9 Å². The Kier molecular flexibility index (Phi) is 4.98. The van der Waals surface area contributed by atoms with Crippen LogP contribution in [0.5, 0.6) is 5.75 Å². The van der Waals surface area contributed by atoms with E-state index in [0.717, 1.165) is 36.4 Å². The number of rotatable bonds is 6. The first-order valence-corrected chi connectivity index (χ1v) is 9.28. The van der Waals surface area contributed by atoms with Gasteiger partial charge >= 0.3 is 0 Å². The molecule has 25 heavy (non-hydrogen) atoms. The number of ether oxygens (including phenoxy) is 1. The summed E-state index contributed by atoms with van der Waals surface area (Å²) in [6.45, 7) is 4.45. The number of hydrogen-bond acceptors (Lipinski definition) is 3. The summed E-state index contributed by atoms with van der Waals surface area (Å²) in [4.78, 5) is 10.1. The summed E-state index contributed by atoms with van der Waals surface area (Å²) < 4.78 is 5.91. The fourth-order valence-electron chi connectivity index (χ4n) is 3.59. The van der Waals surface area contributed by atoms with Crippen molar-refractivity contribution in [2.24, 2.45) is 0 Å². The lowest BCUT2D eigenvalue weighted by atomic mass is 10.1. The number of aromatic nitrogens is 2. The van der Waals surface area contributed by atoms with E-state index in [1.165, 1.54) is 43.5 Å². The number of piperidine rings is 1. The van der Waals surface area contributed by atoms with Crippen LogP contribution in [0.3, 0.4) is 0 Å². The van der Waals surface area contributed by atoms with Crippen LogP contribution in [0.1, 0.15) is 25.7 Å². The molecule has 0 atom stereocenters. The normalized spacial score (nSPS) is 15.5. The maximum Gasteiger partial charge on any atom is 0.137 e. The number of likely N-dealkylation sites (tertiary alicyclic amines) is 1. The van der Waals surface area contributed by atoms with Gasteiger partial charge in [-0.2, -0.15) is 0 Å². The predicted molar refractivity (Wildman–Crippen MR) is 102 cm³/mol. The standard InChI is InChI=1S/C21H25N3O/c1-2-12-24(13-3-1)14-5-15-25-18-9-7-17(8-10-18)20-16-23-21-19(20)6-4-11-22-21/h4,6-11,16H,1-3,5,12-15H2,(H,22,23). The smallest absolute Gasteiger partial charge is 0.137 e. The van der Waals surface area contributed by atoms with Gasteiger partial charge in [-0.25, -0.2) is 4.98 Å². The van der Waals surface area contributed by atoms with Gasteiger partial charge in [0.1, 0.15) is 11.4 Å². The molecule has 2 aromatic heterocycles.